The van der Waals surface area contributed by atoms with Gasteiger partial charge in [-0.25, -0.2) is 9.29 Å². The smallest absolute Gasteiger partial charge is 0.280 e. The molecule has 236 valence electrons. The van der Waals surface area contributed by atoms with Gasteiger partial charge in [0.15, 0.2) is 23.7 Å². The van der Waals surface area contributed by atoms with E-state index in [2.05, 4.69) is 33.6 Å². The number of nitrogens with zero attached hydrogens (tertiary/aromatic N) is 3. The Kier molecular flexibility index (Phi) is 9.52. The van der Waals surface area contributed by atoms with Gasteiger partial charge in [-0.1, -0.05) is 0 Å². The number of amides is 1. The maximum absolute atomic E-state index is 12.4. The first-order valence-electron chi connectivity index (χ1n) is 11.8. The second kappa shape index (κ2) is 12.3. The number of hydrogen-bond donors (Lipinski definition) is 8. The van der Waals surface area contributed by atoms with Crippen LogP contribution in [0.25, 0.3) is 11.2 Å². The van der Waals surface area contributed by atoms with Crippen molar-refractivity contribution in [3.05, 3.63) is 16.7 Å². The Morgan fingerprint density at radius 3 is 2.45 bits per heavy atom. The number of rotatable bonds is 10. The molecule has 2 fully saturated rings. The Hall–Kier alpha value is -2.40. The fraction of sp³-hybridized carbons (Fsp3) is 0.667. The standard InChI is InChI=1S/C18H28N6O16P2/c1-5(26)21-8-12(29)10(27)6(2-25)38-17(8)39-42(34,35)40-41(32,33)36-3-7-11(28)13(30)16(37-7)24-4-20-9-14(24)22-18(19)23-15(9)31/h4,6-8,10-13,16-17,25,27-30H,2-3H2,1H3,(H,21,26)(H,32,33)(H,34,35)(H3,19,22,23,31)/p-2/t6-,7-,8-,10-,11-,12-,13-,16-,17-/m1/s1. The predicted molar refractivity (Wildman–Crippen MR) is 127 cm³/mol. The van der Waals surface area contributed by atoms with Crippen molar-refractivity contribution in [1.29, 1.82) is 0 Å². The molecule has 1 amide bonds. The molecule has 22 nitrogen and oxygen atoms in total. The Morgan fingerprint density at radius 2 is 1.81 bits per heavy atom. The van der Waals surface area contributed by atoms with E-state index in [0.717, 1.165) is 17.8 Å². The molecule has 0 spiro atoms. The number of ether oxygens (including phenoxy) is 2. The van der Waals surface area contributed by atoms with Gasteiger partial charge in [-0.05, 0) is 0 Å². The van der Waals surface area contributed by atoms with Crippen LogP contribution in [0.3, 0.4) is 0 Å². The minimum absolute atomic E-state index is 0.139. The summed E-state index contributed by atoms with van der Waals surface area (Å²) in [4.78, 5) is 58.1. The maximum Gasteiger partial charge on any atom is 0.280 e. The molecule has 9 N–H and O–H groups in total. The number of aromatic nitrogens is 4. The van der Waals surface area contributed by atoms with Gasteiger partial charge in [0.1, 0.15) is 42.7 Å². The molecule has 0 bridgehead atoms. The number of fused-ring (bicyclic) bond motifs is 1. The number of nitrogens with two attached hydrogens (primary N) is 1. The van der Waals surface area contributed by atoms with Crippen LogP contribution in [-0.2, 0) is 36.8 Å². The Labute approximate surface area is 233 Å². The van der Waals surface area contributed by atoms with Crippen LogP contribution < -0.4 is 26.4 Å². The summed E-state index contributed by atoms with van der Waals surface area (Å²) < 4.78 is 49.2. The lowest BCUT2D eigenvalue weighted by Gasteiger charge is -2.44. The van der Waals surface area contributed by atoms with E-state index in [1.54, 1.807) is 0 Å². The summed E-state index contributed by atoms with van der Waals surface area (Å²) in [5.41, 5.74) is 4.48. The fourth-order valence-corrected chi connectivity index (χ4v) is 6.33. The zero-order valence-corrected chi connectivity index (χ0v) is 23.0. The van der Waals surface area contributed by atoms with Gasteiger partial charge in [-0.3, -0.25) is 32.8 Å². The first-order valence-corrected chi connectivity index (χ1v) is 14.8. The zero-order chi connectivity index (χ0) is 31.1. The first-order chi connectivity index (χ1) is 19.5. The molecule has 0 aromatic carbocycles. The van der Waals surface area contributed by atoms with Crippen LogP contribution in [0, 0.1) is 0 Å². The van der Waals surface area contributed by atoms with Crippen LogP contribution >= 0.6 is 15.6 Å². The highest BCUT2D eigenvalue weighted by Gasteiger charge is 2.48. The van der Waals surface area contributed by atoms with E-state index in [4.69, 9.17) is 15.2 Å². The molecule has 2 aliphatic rings. The maximum atomic E-state index is 12.4. The molecule has 2 aromatic heterocycles. The van der Waals surface area contributed by atoms with Crippen LogP contribution in [0.1, 0.15) is 13.2 Å². The summed E-state index contributed by atoms with van der Waals surface area (Å²) >= 11 is 0. The molecular formula is C18H26N6O16P2-2. The van der Waals surface area contributed by atoms with Crippen molar-refractivity contribution >= 4 is 38.7 Å². The highest BCUT2D eigenvalue weighted by Crippen LogP contribution is 2.57. The van der Waals surface area contributed by atoms with Crippen molar-refractivity contribution in [3.63, 3.8) is 0 Å². The third-order valence-corrected chi connectivity index (χ3v) is 8.67. The van der Waals surface area contributed by atoms with Crippen molar-refractivity contribution in [3.8, 4) is 0 Å². The van der Waals surface area contributed by atoms with Gasteiger partial charge >= 0.3 is 0 Å². The predicted octanol–water partition coefficient (Wildman–Crippen LogP) is -5.75. The number of aliphatic hydroxyl groups is 5. The van der Waals surface area contributed by atoms with Crippen LogP contribution in [0.4, 0.5) is 5.95 Å². The molecule has 42 heavy (non-hydrogen) atoms. The highest BCUT2D eigenvalue weighted by molar-refractivity contribution is 7.59. The van der Waals surface area contributed by atoms with Crippen LogP contribution in [-0.4, -0.2) is 113 Å². The summed E-state index contributed by atoms with van der Waals surface area (Å²) in [7, 11) is -11.8. The average molecular weight is 644 g/mol. The van der Waals surface area contributed by atoms with Crippen LogP contribution in [0.5, 0.6) is 0 Å². The monoisotopic (exact) mass is 644 g/mol. The number of carbonyl (C=O) groups excluding carboxylic acids is 1. The van der Waals surface area contributed by atoms with Gasteiger partial charge in [-0.15, -0.1) is 0 Å². The van der Waals surface area contributed by atoms with Crippen molar-refractivity contribution in [2.24, 2.45) is 0 Å². The summed E-state index contributed by atoms with van der Waals surface area (Å²) in [6.45, 7) is -1.04. The number of aliphatic hydroxyl groups excluding tert-OH is 5. The molecule has 11 atom stereocenters. The van der Waals surface area contributed by atoms with E-state index in [1.807, 2.05) is 0 Å². The molecule has 2 saturated heterocycles. The number of H-pyrrole nitrogens is 1. The number of aromatic amines is 1. The van der Waals surface area contributed by atoms with E-state index in [9.17, 15) is 54.0 Å². The molecule has 4 heterocycles. The van der Waals surface area contributed by atoms with Crippen molar-refractivity contribution in [1.82, 2.24) is 24.8 Å². The van der Waals surface area contributed by atoms with E-state index >= 15 is 0 Å². The summed E-state index contributed by atoms with van der Waals surface area (Å²) in [5, 5.41) is 52.4. The summed E-state index contributed by atoms with van der Waals surface area (Å²) in [6, 6.07) is -1.75. The number of imidazole rings is 1. The van der Waals surface area contributed by atoms with Gasteiger partial charge < -0.3 is 60.4 Å². The van der Waals surface area contributed by atoms with E-state index in [1.165, 1.54) is 0 Å². The average Bonchev–Trinajstić information content (AvgIpc) is 3.42. The number of nitrogen functional groups attached to an aromatic ring is 1. The molecule has 2 aliphatic heterocycles. The Bertz CT molecular complexity index is 1450. The zero-order valence-electron chi connectivity index (χ0n) is 21.2. The lowest BCUT2D eigenvalue weighted by atomic mass is 9.97. The van der Waals surface area contributed by atoms with Crippen molar-refractivity contribution in [2.45, 2.75) is 62.1 Å². The summed E-state index contributed by atoms with van der Waals surface area (Å²) in [6.07, 6.45) is -13.0. The fourth-order valence-electron chi connectivity index (χ4n) is 4.24. The number of phosphoric ester groups is 2. The van der Waals surface area contributed by atoms with Crippen LogP contribution in [0.15, 0.2) is 11.1 Å². The van der Waals surface area contributed by atoms with Gasteiger partial charge in [0.2, 0.25) is 11.9 Å². The number of hydrogen-bond acceptors (Lipinski definition) is 19. The molecular weight excluding hydrogens is 618 g/mol. The largest absolute Gasteiger partial charge is 0.756 e. The normalized spacial score (nSPS) is 34.6. The molecule has 0 aliphatic carbocycles. The van der Waals surface area contributed by atoms with Crippen molar-refractivity contribution in [2.75, 3.05) is 18.9 Å². The quantitative estimate of drug-likeness (QED) is 0.112. The number of carbonyl (C=O) groups is 1. The van der Waals surface area contributed by atoms with E-state index in [0.29, 0.717) is 0 Å². The molecule has 24 heteroatoms. The minimum Gasteiger partial charge on any atom is -0.756 e. The molecule has 2 unspecified atom stereocenters. The highest BCUT2D eigenvalue weighted by atomic mass is 31.3. The van der Waals surface area contributed by atoms with Gasteiger partial charge in [-0.2, -0.15) is 4.98 Å². The van der Waals surface area contributed by atoms with E-state index in [-0.39, 0.29) is 17.1 Å². The Balaban J connectivity index is 1.42. The number of anilines is 1. The van der Waals surface area contributed by atoms with Gasteiger partial charge in [0, 0.05) is 6.92 Å². The van der Waals surface area contributed by atoms with E-state index < -0.39 is 95.5 Å². The third-order valence-electron chi connectivity index (χ3n) is 6.14. The Morgan fingerprint density at radius 1 is 1.14 bits per heavy atom. The topological polar surface area (TPSA) is 346 Å². The second-order valence-electron chi connectivity index (χ2n) is 9.13. The number of nitrogens with one attached hydrogen (secondary N) is 2. The second-order valence-corrected chi connectivity index (χ2v) is 12.0. The first kappa shape index (κ1) is 32.5. The van der Waals surface area contributed by atoms with Gasteiger partial charge in [0.05, 0.1) is 19.5 Å². The van der Waals surface area contributed by atoms with Crippen molar-refractivity contribution < 1.29 is 72.1 Å². The number of phosphoric acid groups is 2. The molecule has 2 aromatic rings. The molecule has 0 radical (unpaired) electrons. The molecule has 4 rings (SSSR count). The lowest BCUT2D eigenvalue weighted by molar-refractivity contribution is -0.285. The minimum atomic E-state index is -5.94. The lowest BCUT2D eigenvalue weighted by Crippen LogP contribution is -2.64. The SMILES string of the molecule is CC(=O)N[C@H]1[C@@H](OP(=O)([O-])OP(=O)([O-])OC[C@H]2O[C@@H](n3cnc4c(=O)[nH]c(N)nc43)[C@H](O)[C@@H]2O)O[C@H](CO)[C@@H](O)[C@@H]1O. The van der Waals surface area contributed by atoms with Gasteiger partial charge in [0.25, 0.3) is 21.2 Å². The third kappa shape index (κ3) is 6.87. The summed E-state index contributed by atoms with van der Waals surface area (Å²) in [5.74, 6) is -1.12. The van der Waals surface area contributed by atoms with Crippen LogP contribution in [0.2, 0.25) is 0 Å². The molecule has 0 saturated carbocycles.